The molecule has 2 aromatic rings. The molecule has 1 amide bonds. The molecular formula is C18H22N4O. The first kappa shape index (κ1) is 15.5. The number of hydrogen-bond acceptors (Lipinski definition) is 4. The number of amides is 1. The molecule has 1 aromatic heterocycles. The van der Waals surface area contributed by atoms with Crippen molar-refractivity contribution in [3.8, 4) is 0 Å². The van der Waals surface area contributed by atoms with Crippen molar-refractivity contribution in [1.82, 2.24) is 14.9 Å². The van der Waals surface area contributed by atoms with Crippen LogP contribution in [0.15, 0.2) is 36.7 Å². The van der Waals surface area contributed by atoms with Gasteiger partial charge in [-0.25, -0.2) is 9.97 Å². The standard InChI is InChI=1S/C18H22N4O/c1-13-6-4-5-7-17(13)21-8-9-22(14(2)12-21)18(23)16-10-19-15(3)20-11-16/h4-7,10-11,14H,8-9,12H2,1-3H3/t14-/m0/s1. The van der Waals surface area contributed by atoms with Gasteiger partial charge in [-0.15, -0.1) is 0 Å². The van der Waals surface area contributed by atoms with E-state index < -0.39 is 0 Å². The second-order valence-electron chi connectivity index (χ2n) is 6.10. The molecule has 0 bridgehead atoms. The molecule has 3 rings (SSSR count). The first-order valence-corrected chi connectivity index (χ1v) is 7.96. The highest BCUT2D eigenvalue weighted by atomic mass is 16.2. The van der Waals surface area contributed by atoms with Gasteiger partial charge in [-0.1, -0.05) is 18.2 Å². The molecule has 2 heterocycles. The van der Waals surface area contributed by atoms with Gasteiger partial charge in [-0.3, -0.25) is 4.79 Å². The molecule has 1 aliphatic rings. The maximum Gasteiger partial charge on any atom is 0.257 e. The molecule has 0 unspecified atom stereocenters. The highest BCUT2D eigenvalue weighted by Gasteiger charge is 2.28. The van der Waals surface area contributed by atoms with Crippen molar-refractivity contribution in [2.45, 2.75) is 26.8 Å². The van der Waals surface area contributed by atoms with E-state index in [9.17, 15) is 4.79 Å². The summed E-state index contributed by atoms with van der Waals surface area (Å²) in [4.78, 5) is 25.2. The van der Waals surface area contributed by atoms with Gasteiger partial charge in [0.25, 0.3) is 5.91 Å². The van der Waals surface area contributed by atoms with Crippen molar-refractivity contribution in [2.75, 3.05) is 24.5 Å². The number of benzene rings is 1. The molecule has 1 aromatic carbocycles. The van der Waals surface area contributed by atoms with E-state index in [1.165, 1.54) is 11.3 Å². The third-order valence-electron chi connectivity index (χ3n) is 4.37. The normalized spacial score (nSPS) is 18.1. The molecule has 0 spiro atoms. The predicted octanol–water partition coefficient (Wildman–Crippen LogP) is 2.44. The zero-order chi connectivity index (χ0) is 16.4. The minimum atomic E-state index is 0.0157. The number of anilines is 1. The van der Waals surface area contributed by atoms with Gasteiger partial charge in [0.1, 0.15) is 5.82 Å². The number of carbonyl (C=O) groups is 1. The SMILES string of the molecule is Cc1ncc(C(=O)N2CCN(c3ccccc3C)C[C@@H]2C)cn1. The molecule has 120 valence electrons. The van der Waals surface area contributed by atoms with Crippen LogP contribution in [0.1, 0.15) is 28.7 Å². The first-order chi connectivity index (χ1) is 11.1. The van der Waals surface area contributed by atoms with Crippen LogP contribution in [0.5, 0.6) is 0 Å². The Balaban J connectivity index is 1.73. The van der Waals surface area contributed by atoms with Crippen LogP contribution in [-0.4, -0.2) is 46.5 Å². The lowest BCUT2D eigenvalue weighted by Gasteiger charge is -2.41. The zero-order valence-electron chi connectivity index (χ0n) is 13.9. The highest BCUT2D eigenvalue weighted by molar-refractivity contribution is 5.94. The van der Waals surface area contributed by atoms with E-state index >= 15 is 0 Å². The summed E-state index contributed by atoms with van der Waals surface area (Å²) in [6, 6.07) is 8.54. The lowest BCUT2D eigenvalue weighted by atomic mass is 10.1. The van der Waals surface area contributed by atoms with E-state index in [1.807, 2.05) is 11.8 Å². The summed E-state index contributed by atoms with van der Waals surface area (Å²) < 4.78 is 0. The van der Waals surface area contributed by atoms with Gasteiger partial charge in [0.2, 0.25) is 0 Å². The van der Waals surface area contributed by atoms with Gasteiger partial charge in [-0.2, -0.15) is 0 Å². The molecule has 1 saturated heterocycles. The fourth-order valence-electron chi connectivity index (χ4n) is 3.07. The maximum atomic E-state index is 12.7. The second-order valence-corrected chi connectivity index (χ2v) is 6.10. The summed E-state index contributed by atoms with van der Waals surface area (Å²) >= 11 is 0. The van der Waals surface area contributed by atoms with Gasteiger partial charge >= 0.3 is 0 Å². The van der Waals surface area contributed by atoms with Crippen molar-refractivity contribution in [1.29, 1.82) is 0 Å². The molecule has 5 nitrogen and oxygen atoms in total. The molecule has 0 radical (unpaired) electrons. The molecule has 23 heavy (non-hydrogen) atoms. The van der Waals surface area contributed by atoms with E-state index in [2.05, 4.69) is 53.0 Å². The van der Waals surface area contributed by atoms with Crippen LogP contribution in [0.2, 0.25) is 0 Å². The summed E-state index contributed by atoms with van der Waals surface area (Å²) in [5.41, 5.74) is 3.09. The predicted molar refractivity (Wildman–Crippen MR) is 90.7 cm³/mol. The smallest absolute Gasteiger partial charge is 0.257 e. The Bertz CT molecular complexity index is 698. The van der Waals surface area contributed by atoms with Crippen LogP contribution in [-0.2, 0) is 0 Å². The maximum absolute atomic E-state index is 12.7. The third-order valence-corrected chi connectivity index (χ3v) is 4.37. The lowest BCUT2D eigenvalue weighted by molar-refractivity contribution is 0.0673. The Hall–Kier alpha value is -2.43. The van der Waals surface area contributed by atoms with Gasteiger partial charge in [-0.05, 0) is 32.4 Å². The average molecular weight is 310 g/mol. The van der Waals surface area contributed by atoms with E-state index in [0.717, 1.165) is 13.1 Å². The number of piperazine rings is 1. The lowest BCUT2D eigenvalue weighted by Crippen LogP contribution is -2.54. The fourth-order valence-corrected chi connectivity index (χ4v) is 3.07. The van der Waals surface area contributed by atoms with Crippen LogP contribution in [0.25, 0.3) is 0 Å². The number of aromatic nitrogens is 2. The van der Waals surface area contributed by atoms with Crippen molar-refractivity contribution in [3.05, 3.63) is 53.6 Å². The summed E-state index contributed by atoms with van der Waals surface area (Å²) in [6.45, 7) is 8.43. The van der Waals surface area contributed by atoms with Crippen LogP contribution in [0.3, 0.4) is 0 Å². The number of nitrogens with zero attached hydrogens (tertiary/aromatic N) is 4. The van der Waals surface area contributed by atoms with Gasteiger partial charge < -0.3 is 9.80 Å². The average Bonchev–Trinajstić information content (AvgIpc) is 2.55. The summed E-state index contributed by atoms with van der Waals surface area (Å²) in [5.74, 6) is 0.695. The molecular weight excluding hydrogens is 288 g/mol. The van der Waals surface area contributed by atoms with Crippen LogP contribution in [0.4, 0.5) is 5.69 Å². The number of carbonyl (C=O) groups excluding carboxylic acids is 1. The van der Waals surface area contributed by atoms with Crippen LogP contribution < -0.4 is 4.90 Å². The number of rotatable bonds is 2. The fraction of sp³-hybridized carbons (Fsp3) is 0.389. The molecule has 1 aliphatic heterocycles. The summed E-state index contributed by atoms with van der Waals surface area (Å²) in [6.07, 6.45) is 3.23. The molecule has 0 aliphatic carbocycles. The summed E-state index contributed by atoms with van der Waals surface area (Å²) in [5, 5.41) is 0. The minimum absolute atomic E-state index is 0.0157. The van der Waals surface area contributed by atoms with Crippen LogP contribution in [0, 0.1) is 13.8 Å². The van der Waals surface area contributed by atoms with E-state index in [-0.39, 0.29) is 11.9 Å². The Morgan fingerprint density at radius 3 is 2.48 bits per heavy atom. The zero-order valence-corrected chi connectivity index (χ0v) is 13.9. The molecule has 0 N–H and O–H groups in total. The van der Waals surface area contributed by atoms with Crippen molar-refractivity contribution in [2.24, 2.45) is 0 Å². The van der Waals surface area contributed by atoms with Gasteiger partial charge in [0.15, 0.2) is 0 Å². The number of hydrogen-bond donors (Lipinski definition) is 0. The largest absolute Gasteiger partial charge is 0.367 e. The monoisotopic (exact) mass is 310 g/mol. The molecule has 1 atom stereocenters. The Labute approximate surface area is 137 Å². The molecule has 1 fully saturated rings. The third kappa shape index (κ3) is 3.18. The Kier molecular flexibility index (Phi) is 4.28. The van der Waals surface area contributed by atoms with Crippen LogP contribution >= 0.6 is 0 Å². The number of aryl methyl sites for hydroxylation is 2. The van der Waals surface area contributed by atoms with Crippen molar-refractivity contribution >= 4 is 11.6 Å². The quantitative estimate of drug-likeness (QED) is 0.855. The van der Waals surface area contributed by atoms with E-state index in [0.29, 0.717) is 17.9 Å². The van der Waals surface area contributed by atoms with Gasteiger partial charge in [0, 0.05) is 43.8 Å². The Morgan fingerprint density at radius 1 is 1.13 bits per heavy atom. The van der Waals surface area contributed by atoms with E-state index in [1.54, 1.807) is 12.4 Å². The number of para-hydroxylation sites is 1. The summed E-state index contributed by atoms with van der Waals surface area (Å²) in [7, 11) is 0. The second kappa shape index (κ2) is 6.36. The highest BCUT2D eigenvalue weighted by Crippen LogP contribution is 2.23. The molecule has 5 heteroatoms. The Morgan fingerprint density at radius 2 is 1.83 bits per heavy atom. The van der Waals surface area contributed by atoms with Gasteiger partial charge in [0.05, 0.1) is 5.56 Å². The molecule has 0 saturated carbocycles. The van der Waals surface area contributed by atoms with Crippen molar-refractivity contribution < 1.29 is 4.79 Å². The first-order valence-electron chi connectivity index (χ1n) is 7.96. The minimum Gasteiger partial charge on any atom is -0.367 e. The van der Waals surface area contributed by atoms with E-state index in [4.69, 9.17) is 0 Å². The topological polar surface area (TPSA) is 49.3 Å². The van der Waals surface area contributed by atoms with Crippen molar-refractivity contribution in [3.63, 3.8) is 0 Å².